The lowest BCUT2D eigenvalue weighted by atomic mass is 10.3. The Morgan fingerprint density at radius 3 is 2.88 bits per heavy atom. The lowest BCUT2D eigenvalue weighted by Crippen LogP contribution is -2.22. The van der Waals surface area contributed by atoms with Crippen LogP contribution >= 0.6 is 15.9 Å². The van der Waals surface area contributed by atoms with Gasteiger partial charge in [-0.1, -0.05) is 0 Å². The predicted octanol–water partition coefficient (Wildman–Crippen LogP) is 1.15. The van der Waals surface area contributed by atoms with Crippen LogP contribution in [0.15, 0.2) is 28.2 Å². The molecule has 1 aromatic rings. The number of nitrogen functional groups attached to an aromatic ring is 1. The second-order valence-corrected chi connectivity index (χ2v) is 6.35. The zero-order chi connectivity index (χ0) is 11.8. The summed E-state index contributed by atoms with van der Waals surface area (Å²) in [5.74, 6) is 0.541. The van der Waals surface area contributed by atoms with Gasteiger partial charge in [-0.05, 0) is 28.1 Å². The van der Waals surface area contributed by atoms with Crippen LogP contribution in [0.4, 0.5) is 11.5 Å². The van der Waals surface area contributed by atoms with Crippen LogP contribution in [0.3, 0.4) is 0 Å². The molecule has 16 heavy (non-hydrogen) atoms. The van der Waals surface area contributed by atoms with Gasteiger partial charge in [0, 0.05) is 16.1 Å². The van der Waals surface area contributed by atoms with E-state index in [9.17, 15) is 8.42 Å². The van der Waals surface area contributed by atoms with E-state index in [1.54, 1.807) is 18.3 Å². The summed E-state index contributed by atoms with van der Waals surface area (Å²) in [6, 6.07) is 1.45. The van der Waals surface area contributed by atoms with Crippen molar-refractivity contribution in [3.63, 3.8) is 0 Å². The minimum atomic E-state index is -3.06. The summed E-state index contributed by atoms with van der Waals surface area (Å²) in [6.45, 7) is 0. The second-order valence-electron chi connectivity index (χ2n) is 3.50. The molecule has 1 unspecified atom stereocenters. The Morgan fingerprint density at radius 1 is 1.56 bits per heavy atom. The van der Waals surface area contributed by atoms with Gasteiger partial charge in [-0.15, -0.1) is 0 Å². The molecule has 2 rings (SSSR count). The van der Waals surface area contributed by atoms with E-state index in [-0.39, 0.29) is 11.8 Å². The number of rotatable bonds is 2. The lowest BCUT2D eigenvalue weighted by molar-refractivity contribution is 0.605. The van der Waals surface area contributed by atoms with Gasteiger partial charge >= 0.3 is 0 Å². The van der Waals surface area contributed by atoms with Crippen molar-refractivity contribution in [2.45, 2.75) is 6.04 Å². The Bertz CT molecular complexity index is 542. The quantitative estimate of drug-likeness (QED) is 0.856. The van der Waals surface area contributed by atoms with Crippen LogP contribution in [0.2, 0.25) is 0 Å². The number of nitrogens with two attached hydrogens (primary N) is 1. The third-order valence-electron chi connectivity index (χ3n) is 2.14. The van der Waals surface area contributed by atoms with Gasteiger partial charge in [0.1, 0.15) is 5.82 Å². The molecule has 0 aromatic carbocycles. The van der Waals surface area contributed by atoms with Gasteiger partial charge in [0.25, 0.3) is 0 Å². The number of hydrogen-bond donors (Lipinski definition) is 2. The summed E-state index contributed by atoms with van der Waals surface area (Å²) >= 11 is 3.25. The number of sulfone groups is 1. The third kappa shape index (κ3) is 2.53. The predicted molar refractivity (Wildman–Crippen MR) is 66.7 cm³/mol. The van der Waals surface area contributed by atoms with Gasteiger partial charge in [0.15, 0.2) is 9.84 Å². The van der Waals surface area contributed by atoms with Crippen LogP contribution < -0.4 is 11.1 Å². The van der Waals surface area contributed by atoms with Gasteiger partial charge in [-0.2, -0.15) is 0 Å². The summed E-state index contributed by atoms with van der Waals surface area (Å²) in [5.41, 5.74) is 6.22. The Balaban J connectivity index is 2.14. The topological polar surface area (TPSA) is 85.1 Å². The first-order valence-electron chi connectivity index (χ1n) is 4.55. The van der Waals surface area contributed by atoms with Crippen LogP contribution in [0.25, 0.3) is 0 Å². The number of pyridine rings is 1. The zero-order valence-corrected chi connectivity index (χ0v) is 10.6. The molecule has 86 valence electrons. The summed E-state index contributed by atoms with van der Waals surface area (Å²) < 4.78 is 23.2. The maximum absolute atomic E-state index is 11.2. The van der Waals surface area contributed by atoms with Gasteiger partial charge in [-0.25, -0.2) is 13.4 Å². The number of nitrogens with one attached hydrogen (secondary N) is 1. The van der Waals surface area contributed by atoms with Crippen molar-refractivity contribution in [3.8, 4) is 0 Å². The average Bonchev–Trinajstić information content (AvgIpc) is 2.51. The highest BCUT2D eigenvalue weighted by atomic mass is 79.9. The van der Waals surface area contributed by atoms with Crippen molar-refractivity contribution in [1.82, 2.24) is 4.98 Å². The van der Waals surface area contributed by atoms with E-state index in [2.05, 4.69) is 26.2 Å². The first kappa shape index (κ1) is 11.4. The van der Waals surface area contributed by atoms with Crippen molar-refractivity contribution < 1.29 is 8.42 Å². The van der Waals surface area contributed by atoms with Gasteiger partial charge in [0.05, 0.1) is 17.5 Å². The van der Waals surface area contributed by atoms with Crippen molar-refractivity contribution >= 4 is 37.3 Å². The second kappa shape index (κ2) is 4.06. The van der Waals surface area contributed by atoms with E-state index >= 15 is 0 Å². The highest BCUT2D eigenvalue weighted by molar-refractivity contribution is 9.10. The van der Waals surface area contributed by atoms with Crippen molar-refractivity contribution in [2.24, 2.45) is 0 Å². The number of halogens is 1. The van der Waals surface area contributed by atoms with Crippen LogP contribution in [-0.4, -0.2) is 25.2 Å². The van der Waals surface area contributed by atoms with Crippen molar-refractivity contribution in [2.75, 3.05) is 16.8 Å². The van der Waals surface area contributed by atoms with Crippen molar-refractivity contribution in [3.05, 3.63) is 28.2 Å². The number of nitrogens with zero attached hydrogens (tertiary/aromatic N) is 1. The fraction of sp³-hybridized carbons (Fsp3) is 0.222. The van der Waals surface area contributed by atoms with Crippen molar-refractivity contribution in [1.29, 1.82) is 0 Å². The van der Waals surface area contributed by atoms with Gasteiger partial charge in [-0.3, -0.25) is 0 Å². The lowest BCUT2D eigenvalue weighted by Gasteiger charge is -2.12. The molecule has 0 saturated carbocycles. The van der Waals surface area contributed by atoms with Crippen LogP contribution in [0, 0.1) is 0 Å². The Hall–Kier alpha value is -1.08. The Labute approximate surface area is 102 Å². The molecule has 7 heteroatoms. The molecule has 3 N–H and O–H groups in total. The van der Waals surface area contributed by atoms with Gasteiger partial charge < -0.3 is 11.1 Å². The molecule has 1 aliphatic rings. The smallest absolute Gasteiger partial charge is 0.173 e. The fourth-order valence-electron chi connectivity index (χ4n) is 1.42. The fourth-order valence-corrected chi connectivity index (χ4v) is 3.00. The molecule has 1 aliphatic heterocycles. The minimum Gasteiger partial charge on any atom is -0.396 e. The standard InChI is InChI=1S/C9H10BrN3O2S/c10-6-3-8(11)9(12-4-6)13-7-1-2-16(14,15)5-7/h1-4,7H,5,11H2,(H,12,13). The molecule has 2 heterocycles. The average molecular weight is 304 g/mol. The summed E-state index contributed by atoms with van der Waals surface area (Å²) in [7, 11) is -3.06. The molecule has 1 aromatic heterocycles. The molecule has 0 radical (unpaired) electrons. The molecular formula is C9H10BrN3O2S. The normalized spacial score (nSPS) is 22.2. The van der Waals surface area contributed by atoms with Crippen LogP contribution in [-0.2, 0) is 9.84 Å². The molecule has 0 aliphatic carbocycles. The molecule has 0 amide bonds. The van der Waals surface area contributed by atoms with E-state index in [0.717, 1.165) is 4.47 Å². The molecule has 0 bridgehead atoms. The zero-order valence-electron chi connectivity index (χ0n) is 8.22. The van der Waals surface area contributed by atoms with Crippen LogP contribution in [0.5, 0.6) is 0 Å². The van der Waals surface area contributed by atoms with E-state index < -0.39 is 9.84 Å². The summed E-state index contributed by atoms with van der Waals surface area (Å²) in [6.07, 6.45) is 3.20. The molecule has 5 nitrogen and oxygen atoms in total. The highest BCUT2D eigenvalue weighted by Gasteiger charge is 2.22. The Morgan fingerprint density at radius 2 is 2.31 bits per heavy atom. The molecule has 0 fully saturated rings. The molecule has 0 spiro atoms. The monoisotopic (exact) mass is 303 g/mol. The molecule has 0 saturated heterocycles. The van der Waals surface area contributed by atoms with E-state index in [4.69, 9.17) is 5.73 Å². The van der Waals surface area contributed by atoms with Crippen LogP contribution in [0.1, 0.15) is 0 Å². The number of aromatic nitrogens is 1. The van der Waals surface area contributed by atoms with E-state index in [1.165, 1.54) is 5.41 Å². The summed E-state index contributed by atoms with van der Waals surface area (Å²) in [5, 5.41) is 4.18. The van der Waals surface area contributed by atoms with E-state index in [0.29, 0.717) is 11.5 Å². The molecule has 1 atom stereocenters. The Kier molecular flexibility index (Phi) is 2.90. The minimum absolute atomic E-state index is 0.0458. The molecular weight excluding hydrogens is 294 g/mol. The third-order valence-corrected chi connectivity index (χ3v) is 3.97. The number of anilines is 2. The highest BCUT2D eigenvalue weighted by Crippen LogP contribution is 2.22. The van der Waals surface area contributed by atoms with Gasteiger partial charge in [0.2, 0.25) is 0 Å². The first-order chi connectivity index (χ1) is 7.46. The maximum Gasteiger partial charge on any atom is 0.173 e. The number of hydrogen-bond acceptors (Lipinski definition) is 5. The maximum atomic E-state index is 11.2. The summed E-state index contributed by atoms with van der Waals surface area (Å²) in [4.78, 5) is 4.08. The first-order valence-corrected chi connectivity index (χ1v) is 7.06. The van der Waals surface area contributed by atoms with E-state index in [1.807, 2.05) is 0 Å². The SMILES string of the molecule is Nc1cc(Br)cnc1NC1C=CS(=O)(=O)C1. The largest absolute Gasteiger partial charge is 0.396 e.